The van der Waals surface area contributed by atoms with Crippen LogP contribution in [0.4, 0.5) is 0 Å². The normalized spacial score (nSPS) is 18.0. The van der Waals surface area contributed by atoms with Gasteiger partial charge in [-0.15, -0.1) is 11.3 Å². The molecule has 1 aliphatic carbocycles. The summed E-state index contributed by atoms with van der Waals surface area (Å²) in [5.74, 6) is 0.756. The van der Waals surface area contributed by atoms with Crippen molar-refractivity contribution in [2.24, 2.45) is 4.99 Å². The number of hydrogen-bond acceptors (Lipinski definition) is 4. The smallest absolute Gasteiger partial charge is 0.191 e. The van der Waals surface area contributed by atoms with Crippen LogP contribution >= 0.6 is 11.3 Å². The first kappa shape index (κ1) is 16.2. The summed E-state index contributed by atoms with van der Waals surface area (Å²) in [6.45, 7) is 6.13. The first-order valence-corrected chi connectivity index (χ1v) is 8.65. The molecule has 1 aromatic heterocycles. The van der Waals surface area contributed by atoms with E-state index in [9.17, 15) is 5.11 Å². The molecule has 0 spiro atoms. The van der Waals surface area contributed by atoms with Crippen LogP contribution in [0.15, 0.2) is 11.2 Å². The predicted molar refractivity (Wildman–Crippen MR) is 87.7 cm³/mol. The maximum absolute atomic E-state index is 10.4. The molecule has 0 radical (unpaired) electrons. The van der Waals surface area contributed by atoms with Gasteiger partial charge in [-0.2, -0.15) is 0 Å². The Balaban J connectivity index is 1.89. The summed E-state index contributed by atoms with van der Waals surface area (Å²) in [6, 6.07) is 0. The number of aliphatic hydroxyl groups is 1. The number of rotatable bonds is 6. The average molecular weight is 310 g/mol. The molecule has 118 valence electrons. The SMILES string of the molecule is CCNC(=NCc1ncc(CC)s1)NCC1(O)CCCC1. The Morgan fingerprint density at radius 3 is 2.76 bits per heavy atom. The molecule has 5 nitrogen and oxygen atoms in total. The predicted octanol–water partition coefficient (Wildman–Crippen LogP) is 2.07. The zero-order valence-electron chi connectivity index (χ0n) is 13.0. The van der Waals surface area contributed by atoms with E-state index in [2.05, 4.69) is 27.5 Å². The Labute approximate surface area is 130 Å². The molecule has 21 heavy (non-hydrogen) atoms. The molecule has 0 atom stereocenters. The summed E-state index contributed by atoms with van der Waals surface area (Å²) < 4.78 is 0. The lowest BCUT2D eigenvalue weighted by Gasteiger charge is -2.23. The van der Waals surface area contributed by atoms with Gasteiger partial charge in [0.2, 0.25) is 0 Å². The lowest BCUT2D eigenvalue weighted by Crippen LogP contribution is -2.46. The van der Waals surface area contributed by atoms with Crippen LogP contribution in [-0.4, -0.2) is 34.7 Å². The molecule has 1 aromatic rings. The molecule has 0 amide bonds. The van der Waals surface area contributed by atoms with Crippen molar-refractivity contribution < 1.29 is 5.11 Å². The van der Waals surface area contributed by atoms with Crippen molar-refractivity contribution in [1.29, 1.82) is 0 Å². The van der Waals surface area contributed by atoms with E-state index in [1.165, 1.54) is 4.88 Å². The molecule has 6 heteroatoms. The largest absolute Gasteiger partial charge is 0.388 e. The van der Waals surface area contributed by atoms with Crippen LogP contribution in [0, 0.1) is 0 Å². The van der Waals surface area contributed by atoms with Crippen LogP contribution in [-0.2, 0) is 13.0 Å². The second-order valence-corrected chi connectivity index (χ2v) is 6.75. The molecule has 1 saturated carbocycles. The molecular formula is C15H26N4OS. The van der Waals surface area contributed by atoms with Crippen LogP contribution < -0.4 is 10.6 Å². The van der Waals surface area contributed by atoms with Crippen LogP contribution in [0.5, 0.6) is 0 Å². The molecule has 2 rings (SSSR count). The van der Waals surface area contributed by atoms with Crippen LogP contribution in [0.25, 0.3) is 0 Å². The van der Waals surface area contributed by atoms with E-state index in [1.807, 2.05) is 13.1 Å². The van der Waals surface area contributed by atoms with Crippen LogP contribution in [0.1, 0.15) is 49.4 Å². The highest BCUT2D eigenvalue weighted by molar-refractivity contribution is 7.11. The third-order valence-electron chi connectivity index (χ3n) is 3.79. The van der Waals surface area contributed by atoms with E-state index < -0.39 is 5.60 Å². The molecule has 1 aliphatic rings. The highest BCUT2D eigenvalue weighted by Crippen LogP contribution is 2.28. The van der Waals surface area contributed by atoms with Gasteiger partial charge in [0.1, 0.15) is 5.01 Å². The Morgan fingerprint density at radius 2 is 2.14 bits per heavy atom. The van der Waals surface area contributed by atoms with Gasteiger partial charge in [-0.1, -0.05) is 19.8 Å². The van der Waals surface area contributed by atoms with E-state index in [-0.39, 0.29) is 0 Å². The average Bonchev–Trinajstić information content (AvgIpc) is 3.11. The van der Waals surface area contributed by atoms with Gasteiger partial charge >= 0.3 is 0 Å². The molecule has 1 fully saturated rings. The Bertz CT molecular complexity index is 466. The van der Waals surface area contributed by atoms with Gasteiger partial charge in [0.15, 0.2) is 5.96 Å². The Kier molecular flexibility index (Phi) is 5.99. The van der Waals surface area contributed by atoms with Crippen molar-refractivity contribution in [3.05, 3.63) is 16.1 Å². The summed E-state index contributed by atoms with van der Waals surface area (Å²) in [5.41, 5.74) is -0.563. The van der Waals surface area contributed by atoms with Gasteiger partial charge in [0.25, 0.3) is 0 Å². The molecule has 0 aromatic carbocycles. The maximum atomic E-state index is 10.4. The quantitative estimate of drug-likeness (QED) is 0.556. The van der Waals surface area contributed by atoms with Gasteiger partial charge in [-0.3, -0.25) is 0 Å². The van der Waals surface area contributed by atoms with Crippen molar-refractivity contribution in [3.8, 4) is 0 Å². The highest BCUT2D eigenvalue weighted by Gasteiger charge is 2.30. The molecular weight excluding hydrogens is 284 g/mol. The van der Waals surface area contributed by atoms with Crippen LogP contribution in [0.3, 0.4) is 0 Å². The lowest BCUT2D eigenvalue weighted by atomic mass is 10.0. The third kappa shape index (κ3) is 4.97. The first-order valence-electron chi connectivity index (χ1n) is 7.83. The van der Waals surface area contributed by atoms with E-state index >= 15 is 0 Å². The minimum absolute atomic E-state index is 0.563. The second kappa shape index (κ2) is 7.75. The Hall–Kier alpha value is -1.14. The van der Waals surface area contributed by atoms with Crippen molar-refractivity contribution in [2.45, 2.75) is 58.1 Å². The van der Waals surface area contributed by atoms with Crippen molar-refractivity contribution in [1.82, 2.24) is 15.6 Å². The van der Waals surface area contributed by atoms with Gasteiger partial charge < -0.3 is 15.7 Å². The monoisotopic (exact) mass is 310 g/mol. The third-order valence-corrected chi connectivity index (χ3v) is 4.91. The molecule has 0 bridgehead atoms. The maximum Gasteiger partial charge on any atom is 0.191 e. The fourth-order valence-electron chi connectivity index (χ4n) is 2.53. The first-order chi connectivity index (χ1) is 10.1. The van der Waals surface area contributed by atoms with Crippen molar-refractivity contribution in [3.63, 3.8) is 0 Å². The number of aryl methyl sites for hydroxylation is 1. The molecule has 0 unspecified atom stereocenters. The summed E-state index contributed by atoms with van der Waals surface area (Å²) in [4.78, 5) is 10.2. The standard InChI is InChI=1S/C15H26N4OS/c1-3-12-9-17-13(21-12)10-18-14(16-4-2)19-11-15(20)7-5-6-8-15/h9,20H,3-8,10-11H2,1-2H3,(H2,16,18,19). The van der Waals surface area contributed by atoms with E-state index in [1.54, 1.807) is 11.3 Å². The van der Waals surface area contributed by atoms with Gasteiger partial charge in [-0.25, -0.2) is 9.98 Å². The van der Waals surface area contributed by atoms with E-state index in [0.717, 1.165) is 49.6 Å². The highest BCUT2D eigenvalue weighted by atomic mass is 32.1. The van der Waals surface area contributed by atoms with Gasteiger partial charge in [0, 0.05) is 24.2 Å². The number of aliphatic imine (C=N–C) groups is 1. The van der Waals surface area contributed by atoms with Gasteiger partial charge in [-0.05, 0) is 26.2 Å². The molecule has 0 aliphatic heterocycles. The molecule has 1 heterocycles. The minimum Gasteiger partial charge on any atom is -0.388 e. The zero-order chi connectivity index (χ0) is 15.1. The summed E-state index contributed by atoms with van der Waals surface area (Å²) in [7, 11) is 0. The van der Waals surface area contributed by atoms with Gasteiger partial charge in [0.05, 0.1) is 12.1 Å². The summed E-state index contributed by atoms with van der Waals surface area (Å²) in [6.07, 6.45) is 6.94. The number of thiazole rings is 1. The number of guanidine groups is 1. The fourth-order valence-corrected chi connectivity index (χ4v) is 3.32. The zero-order valence-corrected chi connectivity index (χ0v) is 13.8. The van der Waals surface area contributed by atoms with Crippen molar-refractivity contribution in [2.75, 3.05) is 13.1 Å². The fraction of sp³-hybridized carbons (Fsp3) is 0.733. The van der Waals surface area contributed by atoms with Crippen molar-refractivity contribution >= 4 is 17.3 Å². The number of nitrogens with one attached hydrogen (secondary N) is 2. The summed E-state index contributed by atoms with van der Waals surface area (Å²) in [5, 5.41) is 17.9. The molecule has 0 saturated heterocycles. The number of aromatic nitrogens is 1. The van der Waals surface area contributed by atoms with E-state index in [0.29, 0.717) is 13.1 Å². The van der Waals surface area contributed by atoms with E-state index in [4.69, 9.17) is 0 Å². The van der Waals surface area contributed by atoms with Crippen LogP contribution in [0.2, 0.25) is 0 Å². The number of nitrogens with zero attached hydrogens (tertiary/aromatic N) is 2. The lowest BCUT2D eigenvalue weighted by molar-refractivity contribution is 0.0522. The Morgan fingerprint density at radius 1 is 1.38 bits per heavy atom. The summed E-state index contributed by atoms with van der Waals surface area (Å²) >= 11 is 1.71. The number of hydrogen-bond donors (Lipinski definition) is 3. The minimum atomic E-state index is -0.563. The molecule has 3 N–H and O–H groups in total. The topological polar surface area (TPSA) is 69.5 Å². The second-order valence-electron chi connectivity index (χ2n) is 5.55.